The fourth-order valence-corrected chi connectivity index (χ4v) is 1.97. The molecule has 0 unspecified atom stereocenters. The van der Waals surface area contributed by atoms with Gasteiger partial charge in [-0.15, -0.1) is 11.6 Å². The number of aryl methyl sites for hydroxylation is 1. The molecule has 0 aliphatic heterocycles. The Balaban J connectivity index is 2.38. The summed E-state index contributed by atoms with van der Waals surface area (Å²) in [6.07, 6.45) is 0. The summed E-state index contributed by atoms with van der Waals surface area (Å²) in [5.41, 5.74) is 1.15. The SMILES string of the molecule is CCN(CC)C[C@@H](Cl)COc1ccccc1C. The Labute approximate surface area is 110 Å². The molecule has 0 fully saturated rings. The Hall–Kier alpha value is -0.730. The van der Waals surface area contributed by atoms with Gasteiger partial charge >= 0.3 is 0 Å². The highest BCUT2D eigenvalue weighted by Crippen LogP contribution is 2.17. The molecule has 0 amide bonds. The molecule has 0 saturated heterocycles. The second-order valence-corrected chi connectivity index (χ2v) is 4.78. The first-order valence-corrected chi connectivity index (χ1v) is 6.65. The van der Waals surface area contributed by atoms with Crippen molar-refractivity contribution in [1.29, 1.82) is 0 Å². The van der Waals surface area contributed by atoms with Crippen LogP contribution < -0.4 is 4.74 Å². The third-order valence-electron chi connectivity index (χ3n) is 2.86. The highest BCUT2D eigenvalue weighted by atomic mass is 35.5. The van der Waals surface area contributed by atoms with Gasteiger partial charge < -0.3 is 9.64 Å². The number of hydrogen-bond acceptors (Lipinski definition) is 2. The van der Waals surface area contributed by atoms with Crippen molar-refractivity contribution in [2.45, 2.75) is 26.1 Å². The molecule has 96 valence electrons. The summed E-state index contributed by atoms with van der Waals surface area (Å²) in [7, 11) is 0. The maximum atomic E-state index is 6.27. The first kappa shape index (κ1) is 14.3. The first-order chi connectivity index (χ1) is 8.17. The van der Waals surface area contributed by atoms with Crippen LogP contribution in [0.3, 0.4) is 0 Å². The van der Waals surface area contributed by atoms with E-state index >= 15 is 0 Å². The van der Waals surface area contributed by atoms with Gasteiger partial charge in [-0.2, -0.15) is 0 Å². The van der Waals surface area contributed by atoms with Gasteiger partial charge in [0.25, 0.3) is 0 Å². The van der Waals surface area contributed by atoms with Gasteiger partial charge in [0.1, 0.15) is 12.4 Å². The predicted octanol–water partition coefficient (Wildman–Crippen LogP) is 3.32. The van der Waals surface area contributed by atoms with E-state index in [2.05, 4.69) is 18.7 Å². The Morgan fingerprint density at radius 1 is 1.24 bits per heavy atom. The smallest absolute Gasteiger partial charge is 0.122 e. The number of benzene rings is 1. The lowest BCUT2D eigenvalue weighted by atomic mass is 10.2. The molecule has 3 heteroatoms. The number of ether oxygens (including phenoxy) is 1. The lowest BCUT2D eigenvalue weighted by Gasteiger charge is -2.21. The molecule has 0 saturated carbocycles. The zero-order valence-electron chi connectivity index (χ0n) is 10.9. The molecule has 2 nitrogen and oxygen atoms in total. The van der Waals surface area contributed by atoms with Crippen LogP contribution in [0.4, 0.5) is 0 Å². The Bertz CT molecular complexity index is 326. The van der Waals surface area contributed by atoms with Crippen LogP contribution >= 0.6 is 11.6 Å². The van der Waals surface area contributed by atoms with Crippen molar-refractivity contribution in [3.05, 3.63) is 29.8 Å². The average Bonchev–Trinajstić information content (AvgIpc) is 2.35. The van der Waals surface area contributed by atoms with Crippen molar-refractivity contribution in [2.75, 3.05) is 26.2 Å². The molecule has 0 aromatic heterocycles. The first-order valence-electron chi connectivity index (χ1n) is 6.22. The zero-order valence-corrected chi connectivity index (χ0v) is 11.7. The minimum atomic E-state index is 0.0366. The van der Waals surface area contributed by atoms with E-state index < -0.39 is 0 Å². The predicted molar refractivity (Wildman–Crippen MR) is 74.1 cm³/mol. The van der Waals surface area contributed by atoms with E-state index in [-0.39, 0.29) is 5.38 Å². The quantitative estimate of drug-likeness (QED) is 0.693. The van der Waals surface area contributed by atoms with Gasteiger partial charge in [0.2, 0.25) is 0 Å². The van der Waals surface area contributed by atoms with Crippen LogP contribution in [0, 0.1) is 6.92 Å². The Morgan fingerprint density at radius 3 is 2.47 bits per heavy atom. The molecular weight excluding hydrogens is 234 g/mol. The monoisotopic (exact) mass is 255 g/mol. The van der Waals surface area contributed by atoms with Crippen LogP contribution in [0.5, 0.6) is 5.75 Å². The molecule has 17 heavy (non-hydrogen) atoms. The summed E-state index contributed by atoms with van der Waals surface area (Å²) in [5, 5.41) is 0.0366. The molecule has 0 aliphatic carbocycles. The minimum Gasteiger partial charge on any atom is -0.492 e. The number of alkyl halides is 1. The van der Waals surface area contributed by atoms with E-state index in [1.54, 1.807) is 0 Å². The van der Waals surface area contributed by atoms with Crippen molar-refractivity contribution >= 4 is 11.6 Å². The van der Waals surface area contributed by atoms with Crippen molar-refractivity contribution in [3.63, 3.8) is 0 Å². The minimum absolute atomic E-state index is 0.0366. The highest BCUT2D eigenvalue weighted by Gasteiger charge is 2.10. The summed E-state index contributed by atoms with van der Waals surface area (Å²) in [6, 6.07) is 8.02. The van der Waals surface area contributed by atoms with Crippen molar-refractivity contribution in [1.82, 2.24) is 4.90 Å². The molecule has 0 aliphatic rings. The topological polar surface area (TPSA) is 12.5 Å². The van der Waals surface area contributed by atoms with Crippen LogP contribution in [0.15, 0.2) is 24.3 Å². The molecule has 1 atom stereocenters. The van der Waals surface area contributed by atoms with Gasteiger partial charge in [0.05, 0.1) is 5.38 Å². The van der Waals surface area contributed by atoms with E-state index in [0.717, 1.165) is 30.9 Å². The maximum absolute atomic E-state index is 6.27. The summed E-state index contributed by atoms with van der Waals surface area (Å²) in [5.74, 6) is 0.928. The lowest BCUT2D eigenvalue weighted by Crippen LogP contribution is -2.32. The molecule has 1 rings (SSSR count). The second-order valence-electron chi connectivity index (χ2n) is 4.16. The molecule has 1 aromatic carbocycles. The van der Waals surface area contributed by atoms with Gasteiger partial charge in [-0.05, 0) is 31.6 Å². The van der Waals surface area contributed by atoms with Crippen molar-refractivity contribution < 1.29 is 4.74 Å². The standard InChI is InChI=1S/C14H22ClNO/c1-4-16(5-2)10-13(15)11-17-14-9-7-6-8-12(14)3/h6-9,13H,4-5,10-11H2,1-3H3/t13-/m1/s1. The molecule has 0 spiro atoms. The molecule has 1 aromatic rings. The van der Waals surface area contributed by atoms with E-state index in [1.807, 2.05) is 31.2 Å². The summed E-state index contributed by atoms with van der Waals surface area (Å²) >= 11 is 6.27. The van der Waals surface area contributed by atoms with Crippen LogP contribution in [0.25, 0.3) is 0 Å². The van der Waals surface area contributed by atoms with E-state index in [0.29, 0.717) is 6.61 Å². The molecule has 0 radical (unpaired) electrons. The summed E-state index contributed by atoms with van der Waals surface area (Å²) < 4.78 is 5.73. The summed E-state index contributed by atoms with van der Waals surface area (Å²) in [4.78, 5) is 2.30. The Morgan fingerprint density at radius 2 is 1.88 bits per heavy atom. The molecule has 0 heterocycles. The van der Waals surface area contributed by atoms with E-state index in [9.17, 15) is 0 Å². The van der Waals surface area contributed by atoms with Crippen LogP contribution in [0.1, 0.15) is 19.4 Å². The average molecular weight is 256 g/mol. The van der Waals surface area contributed by atoms with E-state index in [4.69, 9.17) is 16.3 Å². The van der Waals surface area contributed by atoms with E-state index in [1.165, 1.54) is 0 Å². The van der Waals surface area contributed by atoms with Gasteiger partial charge in [0, 0.05) is 6.54 Å². The molecule has 0 bridgehead atoms. The van der Waals surface area contributed by atoms with Crippen LogP contribution in [-0.2, 0) is 0 Å². The Kier molecular flexibility index (Phi) is 6.38. The third-order valence-corrected chi connectivity index (χ3v) is 3.13. The number of para-hydroxylation sites is 1. The molecule has 0 N–H and O–H groups in total. The third kappa shape index (κ3) is 4.97. The largest absolute Gasteiger partial charge is 0.492 e. The van der Waals surface area contributed by atoms with Gasteiger partial charge in [-0.3, -0.25) is 0 Å². The number of rotatable bonds is 7. The number of hydrogen-bond donors (Lipinski definition) is 0. The van der Waals surface area contributed by atoms with Gasteiger partial charge in [-0.25, -0.2) is 0 Å². The number of halogens is 1. The van der Waals surface area contributed by atoms with Crippen LogP contribution in [0.2, 0.25) is 0 Å². The number of nitrogens with zero attached hydrogens (tertiary/aromatic N) is 1. The normalized spacial score (nSPS) is 12.8. The molecular formula is C14H22ClNO. The zero-order chi connectivity index (χ0) is 12.7. The fraction of sp³-hybridized carbons (Fsp3) is 0.571. The van der Waals surface area contributed by atoms with Gasteiger partial charge in [-0.1, -0.05) is 32.0 Å². The van der Waals surface area contributed by atoms with Gasteiger partial charge in [0.15, 0.2) is 0 Å². The van der Waals surface area contributed by atoms with Crippen molar-refractivity contribution in [2.24, 2.45) is 0 Å². The van der Waals surface area contributed by atoms with Crippen molar-refractivity contribution in [3.8, 4) is 5.75 Å². The summed E-state index contributed by atoms with van der Waals surface area (Å²) in [6.45, 7) is 9.84. The second kappa shape index (κ2) is 7.57. The highest BCUT2D eigenvalue weighted by molar-refractivity contribution is 6.20. The van der Waals surface area contributed by atoms with Crippen LogP contribution in [-0.4, -0.2) is 36.5 Å². The lowest BCUT2D eigenvalue weighted by molar-refractivity contribution is 0.252. The fourth-order valence-electron chi connectivity index (χ4n) is 1.71. The maximum Gasteiger partial charge on any atom is 0.122 e.